The maximum atomic E-state index is 4.16. The summed E-state index contributed by atoms with van der Waals surface area (Å²) < 4.78 is 0. The number of pyridine rings is 1. The summed E-state index contributed by atoms with van der Waals surface area (Å²) in [7, 11) is 0. The van der Waals surface area contributed by atoms with Crippen LogP contribution in [0.3, 0.4) is 0 Å². The van der Waals surface area contributed by atoms with Crippen molar-refractivity contribution in [3.8, 4) is 0 Å². The van der Waals surface area contributed by atoms with Gasteiger partial charge in [0.1, 0.15) is 0 Å². The molecule has 1 aliphatic heterocycles. The van der Waals surface area contributed by atoms with Crippen LogP contribution in [0.2, 0.25) is 0 Å². The zero-order valence-electron chi connectivity index (χ0n) is 20.7. The number of halogens is 6. The van der Waals surface area contributed by atoms with Gasteiger partial charge in [-0.25, -0.2) is 0 Å². The number of aromatic nitrogens is 1. The monoisotopic (exact) mass is 890 g/mol. The third-order valence-electron chi connectivity index (χ3n) is 5.43. The SMILES string of the molecule is Br.Br.Br.Br.Br.Br.c1cncc(CNCc2ccc(CN3CCCNCCNCCCNCC3)cc2)c1. The third-order valence-corrected chi connectivity index (χ3v) is 5.43. The van der Waals surface area contributed by atoms with E-state index in [1.165, 1.54) is 29.5 Å². The molecule has 0 spiro atoms. The van der Waals surface area contributed by atoms with E-state index in [4.69, 9.17) is 0 Å². The Bertz CT molecular complexity index is 685. The first-order valence-electron chi connectivity index (χ1n) is 11.4. The van der Waals surface area contributed by atoms with E-state index in [2.05, 4.69) is 61.5 Å². The molecule has 0 amide bonds. The normalized spacial score (nSPS) is 15.0. The predicted molar refractivity (Wildman–Crippen MR) is 186 cm³/mol. The molecule has 2 heterocycles. The third kappa shape index (κ3) is 20.0. The Morgan fingerprint density at radius 1 is 0.639 bits per heavy atom. The van der Waals surface area contributed by atoms with Crippen LogP contribution in [0.15, 0.2) is 48.8 Å². The highest BCUT2D eigenvalue weighted by atomic mass is 79.9. The van der Waals surface area contributed by atoms with Crippen molar-refractivity contribution in [2.45, 2.75) is 32.5 Å². The fourth-order valence-corrected chi connectivity index (χ4v) is 3.70. The minimum Gasteiger partial charge on any atom is -0.315 e. The fourth-order valence-electron chi connectivity index (χ4n) is 3.70. The van der Waals surface area contributed by atoms with E-state index in [1.807, 2.05) is 18.5 Å². The second-order valence-corrected chi connectivity index (χ2v) is 8.01. The van der Waals surface area contributed by atoms with Crippen molar-refractivity contribution in [2.75, 3.05) is 52.4 Å². The predicted octanol–water partition coefficient (Wildman–Crippen LogP) is 5.20. The van der Waals surface area contributed by atoms with Crippen molar-refractivity contribution in [1.29, 1.82) is 0 Å². The lowest BCUT2D eigenvalue weighted by molar-refractivity contribution is 0.260. The first-order chi connectivity index (χ1) is 14.9. The van der Waals surface area contributed by atoms with Gasteiger partial charge < -0.3 is 21.3 Å². The van der Waals surface area contributed by atoms with E-state index in [-0.39, 0.29) is 102 Å². The maximum Gasteiger partial charge on any atom is 0.0312 e. The zero-order valence-corrected chi connectivity index (χ0v) is 30.9. The molecule has 0 saturated carbocycles. The van der Waals surface area contributed by atoms with Crippen LogP contribution in [0, 0.1) is 0 Å². The largest absolute Gasteiger partial charge is 0.315 e. The Morgan fingerprint density at radius 3 is 1.86 bits per heavy atom. The van der Waals surface area contributed by atoms with Gasteiger partial charge in [-0.1, -0.05) is 30.3 Å². The van der Waals surface area contributed by atoms with Gasteiger partial charge in [0.15, 0.2) is 0 Å². The standard InChI is InChI=1S/C24H38N6.6BrH/c1-4-24(19-28-9-1)20-29-18-22-5-7-23(8-6-22)21-30-16-3-12-26-14-13-25-10-2-11-27-15-17-30;;;;;;/h1,4-9,19,25-27,29H,2-3,10-18,20-21H2;6*1H. The molecule has 0 aliphatic carbocycles. The Hall–Kier alpha value is 1.05. The van der Waals surface area contributed by atoms with E-state index >= 15 is 0 Å². The molecule has 2 aromatic rings. The van der Waals surface area contributed by atoms with Crippen LogP contribution < -0.4 is 21.3 Å². The second-order valence-electron chi connectivity index (χ2n) is 8.01. The van der Waals surface area contributed by atoms with Gasteiger partial charge in [0.25, 0.3) is 0 Å². The van der Waals surface area contributed by atoms with Gasteiger partial charge in [-0.15, -0.1) is 102 Å². The lowest BCUT2D eigenvalue weighted by Gasteiger charge is -2.23. The lowest BCUT2D eigenvalue weighted by atomic mass is 10.1. The lowest BCUT2D eigenvalue weighted by Crippen LogP contribution is -2.36. The molecule has 0 bridgehead atoms. The molecule has 0 atom stereocenters. The summed E-state index contributed by atoms with van der Waals surface area (Å²) in [5.74, 6) is 0. The van der Waals surface area contributed by atoms with Crippen LogP contribution in [-0.2, 0) is 19.6 Å². The number of benzene rings is 1. The number of nitrogens with zero attached hydrogens (tertiary/aromatic N) is 2. The van der Waals surface area contributed by atoms with Crippen LogP contribution >= 0.6 is 102 Å². The van der Waals surface area contributed by atoms with Gasteiger partial charge in [-0.05, 0) is 61.8 Å². The first kappa shape index (κ1) is 44.1. The molecule has 0 unspecified atom stereocenters. The molecule has 1 aliphatic rings. The molecule has 4 N–H and O–H groups in total. The summed E-state index contributed by atoms with van der Waals surface area (Å²) >= 11 is 0. The Morgan fingerprint density at radius 2 is 1.22 bits per heavy atom. The highest BCUT2D eigenvalue weighted by Crippen LogP contribution is 2.09. The van der Waals surface area contributed by atoms with Crippen molar-refractivity contribution in [2.24, 2.45) is 0 Å². The van der Waals surface area contributed by atoms with Crippen LogP contribution in [0.25, 0.3) is 0 Å². The van der Waals surface area contributed by atoms with Gasteiger partial charge >= 0.3 is 0 Å². The molecular formula is C24H44Br6N6. The molecule has 1 fully saturated rings. The molecular weight excluding hydrogens is 852 g/mol. The van der Waals surface area contributed by atoms with Crippen molar-refractivity contribution in [3.63, 3.8) is 0 Å². The summed E-state index contributed by atoms with van der Waals surface area (Å²) in [5.41, 5.74) is 3.93. The number of hydrogen-bond acceptors (Lipinski definition) is 6. The van der Waals surface area contributed by atoms with Gasteiger partial charge in [0.2, 0.25) is 0 Å². The van der Waals surface area contributed by atoms with E-state index < -0.39 is 0 Å². The highest BCUT2D eigenvalue weighted by Gasteiger charge is 2.07. The quantitative estimate of drug-likeness (QED) is 0.320. The first-order valence-corrected chi connectivity index (χ1v) is 11.4. The van der Waals surface area contributed by atoms with Crippen molar-refractivity contribution < 1.29 is 0 Å². The molecule has 1 aromatic carbocycles. The molecule has 12 heteroatoms. The highest BCUT2D eigenvalue weighted by molar-refractivity contribution is 8.93. The number of rotatable bonds is 6. The van der Waals surface area contributed by atoms with Crippen LogP contribution in [0.5, 0.6) is 0 Å². The average molecular weight is 896 g/mol. The van der Waals surface area contributed by atoms with Crippen molar-refractivity contribution >= 4 is 102 Å². The Labute approximate surface area is 280 Å². The van der Waals surface area contributed by atoms with Gasteiger partial charge in [-0.3, -0.25) is 9.88 Å². The number of hydrogen-bond donors (Lipinski definition) is 4. The summed E-state index contributed by atoms with van der Waals surface area (Å²) in [6.07, 6.45) is 6.11. The Kier molecular flexibility index (Phi) is 35.6. The summed E-state index contributed by atoms with van der Waals surface area (Å²) in [6, 6.07) is 13.2. The molecule has 36 heavy (non-hydrogen) atoms. The van der Waals surface area contributed by atoms with E-state index in [1.54, 1.807) is 0 Å². The average Bonchev–Trinajstić information content (AvgIpc) is 2.78. The van der Waals surface area contributed by atoms with Crippen molar-refractivity contribution in [3.05, 3.63) is 65.5 Å². The summed E-state index contributed by atoms with van der Waals surface area (Å²) in [4.78, 5) is 6.74. The minimum absolute atomic E-state index is 0. The van der Waals surface area contributed by atoms with Gasteiger partial charge in [-0.2, -0.15) is 0 Å². The fraction of sp³-hybridized carbons (Fsp3) is 0.542. The van der Waals surface area contributed by atoms with Crippen LogP contribution in [0.1, 0.15) is 29.5 Å². The number of nitrogens with one attached hydrogen (secondary N) is 4. The van der Waals surface area contributed by atoms with Crippen LogP contribution in [-0.4, -0.2) is 62.2 Å². The van der Waals surface area contributed by atoms with Gasteiger partial charge in [0.05, 0.1) is 0 Å². The molecule has 3 rings (SSSR count). The molecule has 6 nitrogen and oxygen atoms in total. The Balaban J connectivity index is -0.000000853. The maximum absolute atomic E-state index is 4.16. The van der Waals surface area contributed by atoms with E-state index in [0.717, 1.165) is 72.0 Å². The second kappa shape index (κ2) is 29.0. The summed E-state index contributed by atoms with van der Waals surface area (Å²) in [5, 5.41) is 14.1. The van der Waals surface area contributed by atoms with Gasteiger partial charge in [0, 0.05) is 58.2 Å². The summed E-state index contributed by atoms with van der Waals surface area (Å²) in [6.45, 7) is 11.4. The van der Waals surface area contributed by atoms with Crippen molar-refractivity contribution in [1.82, 2.24) is 31.2 Å². The van der Waals surface area contributed by atoms with Crippen LogP contribution in [0.4, 0.5) is 0 Å². The zero-order chi connectivity index (χ0) is 20.7. The molecule has 0 radical (unpaired) electrons. The van der Waals surface area contributed by atoms with E-state index in [9.17, 15) is 0 Å². The molecule has 212 valence electrons. The topological polar surface area (TPSA) is 64.2 Å². The van der Waals surface area contributed by atoms with E-state index in [0.29, 0.717) is 0 Å². The minimum atomic E-state index is 0. The molecule has 1 aromatic heterocycles. The molecule has 1 saturated heterocycles. The smallest absolute Gasteiger partial charge is 0.0312 e.